The van der Waals surface area contributed by atoms with Gasteiger partial charge in [0.05, 0.1) is 5.75 Å². The van der Waals surface area contributed by atoms with Crippen LogP contribution >= 0.6 is 11.8 Å². The van der Waals surface area contributed by atoms with Crippen molar-refractivity contribution in [1.82, 2.24) is 29.8 Å². The van der Waals surface area contributed by atoms with E-state index in [0.29, 0.717) is 22.1 Å². The van der Waals surface area contributed by atoms with E-state index in [-0.39, 0.29) is 5.75 Å². The zero-order chi connectivity index (χ0) is 14.4. The van der Waals surface area contributed by atoms with Gasteiger partial charge in [-0.2, -0.15) is 0 Å². The number of aromatic amines is 1. The second kappa shape index (κ2) is 4.42. The molecule has 0 atom stereocenters. The molecule has 0 spiro atoms. The molecular weight excluding hydrogens is 292 g/mol. The van der Waals surface area contributed by atoms with Gasteiger partial charge in [0.15, 0.2) is 5.16 Å². The van der Waals surface area contributed by atoms with Gasteiger partial charge in [0.25, 0.3) is 5.78 Å². The summed E-state index contributed by atoms with van der Waals surface area (Å²) in [4.78, 5) is 14.0. The number of benzene rings is 1. The molecule has 1 aromatic carbocycles. The van der Waals surface area contributed by atoms with Gasteiger partial charge in [-0.3, -0.25) is 4.79 Å². The van der Waals surface area contributed by atoms with Crippen molar-refractivity contribution in [3.8, 4) is 0 Å². The molecule has 2 N–H and O–H groups in total. The van der Waals surface area contributed by atoms with Crippen molar-refractivity contribution in [2.24, 2.45) is 0 Å². The van der Waals surface area contributed by atoms with Crippen LogP contribution in [0.25, 0.3) is 27.8 Å². The van der Waals surface area contributed by atoms with Crippen molar-refractivity contribution in [3.63, 3.8) is 0 Å². The molecule has 0 aliphatic carbocycles. The first-order valence-electron chi connectivity index (χ1n) is 6.07. The fraction of sp³-hybridized carbons (Fsp3) is 0.0833. The van der Waals surface area contributed by atoms with Crippen molar-refractivity contribution in [2.45, 2.75) is 5.16 Å². The van der Waals surface area contributed by atoms with Crippen molar-refractivity contribution in [3.05, 3.63) is 24.3 Å². The number of H-pyrrole nitrogens is 1. The molecule has 9 heteroatoms. The number of thioether (sulfide) groups is 1. The summed E-state index contributed by atoms with van der Waals surface area (Å²) in [7, 11) is 0. The van der Waals surface area contributed by atoms with Gasteiger partial charge in [0.1, 0.15) is 11.2 Å². The highest BCUT2D eigenvalue weighted by molar-refractivity contribution is 7.99. The smallest absolute Gasteiger partial charge is 0.313 e. The average Bonchev–Trinajstić information content (AvgIpc) is 3.05. The summed E-state index contributed by atoms with van der Waals surface area (Å²) in [6.07, 6.45) is 0. The van der Waals surface area contributed by atoms with Crippen LogP contribution in [0.1, 0.15) is 0 Å². The highest BCUT2D eigenvalue weighted by Gasteiger charge is 2.15. The summed E-state index contributed by atoms with van der Waals surface area (Å²) >= 11 is 1.09. The summed E-state index contributed by atoms with van der Waals surface area (Å²) in [6.45, 7) is 0. The molecule has 0 radical (unpaired) electrons. The van der Waals surface area contributed by atoms with Crippen molar-refractivity contribution >= 4 is 45.6 Å². The molecule has 0 saturated heterocycles. The predicted molar refractivity (Wildman–Crippen MR) is 76.3 cm³/mol. The monoisotopic (exact) mass is 300 g/mol. The molecule has 3 heterocycles. The fourth-order valence-electron chi connectivity index (χ4n) is 2.21. The molecule has 0 aliphatic rings. The first-order valence-corrected chi connectivity index (χ1v) is 7.05. The number of fused-ring (bicyclic) bond motifs is 5. The van der Waals surface area contributed by atoms with E-state index in [1.165, 1.54) is 0 Å². The van der Waals surface area contributed by atoms with Gasteiger partial charge >= 0.3 is 5.97 Å². The van der Waals surface area contributed by atoms with Gasteiger partial charge in [0.2, 0.25) is 0 Å². The Balaban J connectivity index is 2.02. The maximum atomic E-state index is 10.7. The molecule has 21 heavy (non-hydrogen) atoms. The SMILES string of the molecule is O=C(O)CSc1nnc2nnc3c4ccccc4[nH]c3n12. The second-order valence-electron chi connectivity index (χ2n) is 4.37. The summed E-state index contributed by atoms with van der Waals surface area (Å²) in [5.74, 6) is -0.668. The number of nitrogens with zero attached hydrogens (tertiary/aromatic N) is 5. The minimum absolute atomic E-state index is 0.0924. The summed E-state index contributed by atoms with van der Waals surface area (Å²) in [5.41, 5.74) is 2.34. The first-order chi connectivity index (χ1) is 10.2. The van der Waals surface area contributed by atoms with Crippen molar-refractivity contribution in [1.29, 1.82) is 0 Å². The lowest BCUT2D eigenvalue weighted by molar-refractivity contribution is -0.133. The van der Waals surface area contributed by atoms with Crippen LogP contribution in [-0.2, 0) is 4.79 Å². The fourth-order valence-corrected chi connectivity index (χ4v) is 2.87. The molecule has 4 rings (SSSR count). The number of aromatic nitrogens is 6. The van der Waals surface area contributed by atoms with Crippen LogP contribution in [0.2, 0.25) is 0 Å². The van der Waals surface area contributed by atoms with E-state index >= 15 is 0 Å². The molecule has 0 aliphatic heterocycles. The second-order valence-corrected chi connectivity index (χ2v) is 5.31. The van der Waals surface area contributed by atoms with Crippen molar-refractivity contribution < 1.29 is 9.90 Å². The standard InChI is InChI=1S/C12H8N6O2S/c19-8(20)5-21-12-17-16-11-15-14-9-6-3-1-2-4-7(6)13-10(9)18(11)12/h1-4,13H,5H2,(H,19,20). The lowest BCUT2D eigenvalue weighted by atomic mass is 10.2. The van der Waals surface area contributed by atoms with Crippen LogP contribution in [0.15, 0.2) is 29.4 Å². The number of carboxylic acid groups (broad SMARTS) is 1. The van der Waals surface area contributed by atoms with Crippen LogP contribution in [-0.4, -0.2) is 46.6 Å². The predicted octanol–water partition coefficient (Wildman–Crippen LogP) is 1.33. The molecule has 4 aromatic rings. The molecule has 0 unspecified atom stereocenters. The highest BCUT2D eigenvalue weighted by atomic mass is 32.2. The molecule has 0 fully saturated rings. The lowest BCUT2D eigenvalue weighted by Crippen LogP contribution is -2.00. The third-order valence-corrected chi connectivity index (χ3v) is 3.98. The number of aliphatic carboxylic acids is 1. The van der Waals surface area contributed by atoms with Crippen molar-refractivity contribution in [2.75, 3.05) is 5.75 Å². The van der Waals surface area contributed by atoms with Crippen LogP contribution in [0.5, 0.6) is 0 Å². The zero-order valence-electron chi connectivity index (χ0n) is 10.5. The Morgan fingerprint density at radius 2 is 2.05 bits per heavy atom. The van der Waals surface area contributed by atoms with E-state index in [0.717, 1.165) is 22.7 Å². The maximum Gasteiger partial charge on any atom is 0.313 e. The number of carboxylic acids is 1. The normalized spacial score (nSPS) is 11.6. The van der Waals surface area contributed by atoms with Crippen LogP contribution < -0.4 is 0 Å². The number of hydrogen-bond donors (Lipinski definition) is 2. The number of rotatable bonds is 3. The Bertz CT molecular complexity index is 991. The summed E-state index contributed by atoms with van der Waals surface area (Å²) in [6, 6.07) is 7.74. The first kappa shape index (κ1) is 12.1. The number of nitrogens with one attached hydrogen (secondary N) is 1. The topological polar surface area (TPSA) is 109 Å². The summed E-state index contributed by atoms with van der Waals surface area (Å²) < 4.78 is 1.69. The maximum absolute atomic E-state index is 10.7. The Morgan fingerprint density at radius 3 is 2.90 bits per heavy atom. The third kappa shape index (κ3) is 1.82. The molecule has 8 nitrogen and oxygen atoms in total. The average molecular weight is 300 g/mol. The summed E-state index contributed by atoms with van der Waals surface area (Å²) in [5, 5.41) is 26.3. The van der Waals surface area contributed by atoms with Gasteiger partial charge < -0.3 is 10.1 Å². The van der Waals surface area contributed by atoms with E-state index < -0.39 is 5.97 Å². The lowest BCUT2D eigenvalue weighted by Gasteiger charge is -1.98. The third-order valence-electron chi connectivity index (χ3n) is 3.06. The van der Waals surface area contributed by atoms with E-state index in [4.69, 9.17) is 5.11 Å². The van der Waals surface area contributed by atoms with E-state index in [1.807, 2.05) is 24.3 Å². The van der Waals surface area contributed by atoms with Crippen LogP contribution in [0.3, 0.4) is 0 Å². The Hall–Kier alpha value is -2.68. The minimum atomic E-state index is -0.911. The van der Waals surface area contributed by atoms with Gasteiger partial charge in [-0.15, -0.1) is 20.4 Å². The Kier molecular flexibility index (Phi) is 2.54. The molecule has 0 saturated carbocycles. The largest absolute Gasteiger partial charge is 0.481 e. The van der Waals surface area contributed by atoms with E-state index in [9.17, 15) is 4.79 Å². The number of hydrogen-bond acceptors (Lipinski definition) is 6. The van der Waals surface area contributed by atoms with Crippen LogP contribution in [0.4, 0.5) is 0 Å². The van der Waals surface area contributed by atoms with E-state index in [2.05, 4.69) is 25.4 Å². The van der Waals surface area contributed by atoms with Crippen LogP contribution in [0, 0.1) is 0 Å². The Morgan fingerprint density at radius 1 is 1.24 bits per heavy atom. The molecule has 0 amide bonds. The molecule has 3 aromatic heterocycles. The molecule has 104 valence electrons. The zero-order valence-corrected chi connectivity index (χ0v) is 11.3. The van der Waals surface area contributed by atoms with Gasteiger partial charge in [-0.1, -0.05) is 30.0 Å². The minimum Gasteiger partial charge on any atom is -0.481 e. The van der Waals surface area contributed by atoms with E-state index in [1.54, 1.807) is 4.40 Å². The quantitative estimate of drug-likeness (QED) is 0.549. The number of para-hydroxylation sites is 1. The molecule has 0 bridgehead atoms. The molecular formula is C12H8N6O2S. The van der Waals surface area contributed by atoms with Gasteiger partial charge in [0, 0.05) is 10.9 Å². The van der Waals surface area contributed by atoms with Gasteiger partial charge in [-0.05, 0) is 6.07 Å². The highest BCUT2D eigenvalue weighted by Crippen LogP contribution is 2.25. The van der Waals surface area contributed by atoms with Gasteiger partial charge in [-0.25, -0.2) is 4.40 Å². The Labute approximate surface area is 121 Å². The number of carbonyl (C=O) groups is 1.